The molecule has 2 heterocycles. The summed E-state index contributed by atoms with van der Waals surface area (Å²) in [7, 11) is 0. The Labute approximate surface area is 341 Å². The number of benzene rings is 2. The van der Waals surface area contributed by atoms with Crippen LogP contribution in [0.3, 0.4) is 0 Å². The molecule has 0 bridgehead atoms. The van der Waals surface area contributed by atoms with Crippen molar-refractivity contribution in [2.45, 2.75) is 114 Å². The van der Waals surface area contributed by atoms with E-state index in [0.717, 1.165) is 16.6 Å². The van der Waals surface area contributed by atoms with Gasteiger partial charge in [0.1, 0.15) is 16.8 Å². The van der Waals surface area contributed by atoms with Crippen molar-refractivity contribution in [2.75, 3.05) is 62.6 Å². The molecule has 12 nitrogen and oxygen atoms in total. The minimum atomic E-state index is -4.61. The van der Waals surface area contributed by atoms with E-state index in [1.807, 2.05) is 0 Å². The Morgan fingerprint density at radius 2 is 1.36 bits per heavy atom. The van der Waals surface area contributed by atoms with Gasteiger partial charge in [-0.05, 0) is 105 Å². The van der Waals surface area contributed by atoms with Crippen LogP contribution in [0, 0.1) is 0 Å². The van der Waals surface area contributed by atoms with Crippen LogP contribution in [0.15, 0.2) is 44.6 Å². The molecule has 0 aliphatic carbocycles. The van der Waals surface area contributed by atoms with E-state index in [1.54, 1.807) is 80.5 Å². The first-order valence-electron chi connectivity index (χ1n) is 18.8. The lowest BCUT2D eigenvalue weighted by Crippen LogP contribution is -2.46. The van der Waals surface area contributed by atoms with Crippen molar-refractivity contribution in [3.05, 3.63) is 40.4 Å². The number of likely N-dealkylation sites (tertiary alicyclic amines) is 1. The molecule has 3 amide bonds. The highest BCUT2D eigenvalue weighted by atomic mass is 79.9. The third-order valence-electron chi connectivity index (χ3n) is 8.46. The lowest BCUT2D eigenvalue weighted by molar-refractivity contribution is -0.137. The number of halogens is 4. The second-order valence-electron chi connectivity index (χ2n) is 16.9. The number of alkyl carbamates (subject to hydrolysis) is 2. The summed E-state index contributed by atoms with van der Waals surface area (Å²) in [6, 6.07) is 7.32. The molecule has 3 N–H and O–H groups in total. The number of carbonyl (C=O) groups excluding carboxylic acids is 3. The highest BCUT2D eigenvalue weighted by molar-refractivity contribution is 9.10. The lowest BCUT2D eigenvalue weighted by Gasteiger charge is -2.37. The summed E-state index contributed by atoms with van der Waals surface area (Å²) in [6.45, 7) is 20.4. The number of nitrogens with one attached hydrogen (secondary N) is 3. The van der Waals surface area contributed by atoms with Gasteiger partial charge in [-0.3, -0.25) is 4.90 Å². The van der Waals surface area contributed by atoms with Crippen LogP contribution in [0.1, 0.15) is 80.7 Å². The molecule has 0 spiro atoms. The maximum Gasteiger partial charge on any atom is 0.419 e. The molecular weight excluding hydrogens is 817 g/mol. The molecule has 2 aliphatic rings. The predicted octanol–water partition coefficient (Wildman–Crippen LogP) is 9.23. The molecule has 2 aromatic rings. The quantitative estimate of drug-likeness (QED) is 0.188. The zero-order valence-corrected chi connectivity index (χ0v) is 36.1. The summed E-state index contributed by atoms with van der Waals surface area (Å²) in [5.41, 5.74) is -1.85. The van der Waals surface area contributed by atoms with Crippen LogP contribution in [0.4, 0.5) is 44.6 Å². The van der Waals surface area contributed by atoms with Gasteiger partial charge in [-0.1, -0.05) is 27.7 Å². The number of hydrogen-bond acceptors (Lipinski definition) is 10. The monoisotopic (exact) mass is 872 g/mol. The van der Waals surface area contributed by atoms with E-state index in [0.29, 0.717) is 86.4 Å². The molecule has 2 aliphatic heterocycles. The van der Waals surface area contributed by atoms with Gasteiger partial charge >= 0.3 is 24.5 Å². The molecule has 2 aromatic carbocycles. The van der Waals surface area contributed by atoms with Gasteiger partial charge in [-0.25, -0.2) is 19.3 Å². The Bertz CT molecular complexity index is 1670. The molecule has 0 atom stereocenters. The smallest absolute Gasteiger partial charge is 0.419 e. The van der Waals surface area contributed by atoms with Crippen molar-refractivity contribution in [3.8, 4) is 0 Å². The number of fused-ring (bicyclic) bond motifs is 2. The molecule has 312 valence electrons. The topological polar surface area (TPSA) is 125 Å². The lowest BCUT2D eigenvalue weighted by atomic mass is 10.0. The third kappa shape index (κ3) is 14.2. The number of nitrogens with zero attached hydrogens (tertiary/aromatic N) is 3. The number of carbonyl (C=O) groups is 3. The number of alkyl halides is 3. The van der Waals surface area contributed by atoms with Crippen LogP contribution in [0.25, 0.3) is 0 Å². The number of hydrogen-bond donors (Lipinski definition) is 3. The minimum Gasteiger partial charge on any atom is -0.444 e. The maximum atomic E-state index is 14.3. The van der Waals surface area contributed by atoms with Gasteiger partial charge in [0.15, 0.2) is 0 Å². The van der Waals surface area contributed by atoms with Crippen molar-refractivity contribution < 1.29 is 41.8 Å². The molecule has 17 heteroatoms. The largest absolute Gasteiger partial charge is 0.444 e. The minimum absolute atomic E-state index is 0.164. The van der Waals surface area contributed by atoms with Gasteiger partial charge in [0.05, 0.1) is 22.6 Å². The highest BCUT2D eigenvalue weighted by Crippen LogP contribution is 2.54. The van der Waals surface area contributed by atoms with Crippen LogP contribution in [0.5, 0.6) is 0 Å². The average Bonchev–Trinajstić information content (AvgIpc) is 3.03. The Hall–Kier alpha value is -3.41. The first kappa shape index (κ1) is 45.3. The first-order chi connectivity index (χ1) is 25.9. The maximum absolute atomic E-state index is 14.3. The van der Waals surface area contributed by atoms with Gasteiger partial charge in [0, 0.05) is 72.7 Å². The standard InChI is InChI=1S/C39H56BrF3N6O6S/c1-36(2,3)53-33(50)44-14-18-48(19-15-45-34(51)54-37(4,5)6)21-20-47-16-12-27(13-17-47)46-28-22-25(39(41,42)43)23-31-32(28)49(35(52)55-38(7,8)9)29-11-10-26(40)24-30(29)56-31/h10-11,22-24,27,46H,12-21H2,1-9H3,(H,44,50)(H,45,51). The molecule has 1 fully saturated rings. The number of amides is 3. The average molecular weight is 874 g/mol. The second kappa shape index (κ2) is 18.5. The Morgan fingerprint density at radius 1 is 0.804 bits per heavy atom. The normalized spacial score (nSPS) is 15.5. The molecule has 0 radical (unpaired) electrons. The molecular formula is C39H56BrF3N6O6S. The molecule has 56 heavy (non-hydrogen) atoms. The number of anilines is 3. The Balaban J connectivity index is 1.45. The van der Waals surface area contributed by atoms with E-state index in [2.05, 4.69) is 41.7 Å². The van der Waals surface area contributed by atoms with E-state index >= 15 is 0 Å². The summed E-state index contributed by atoms with van der Waals surface area (Å²) in [6.07, 6.45) is -5.02. The highest BCUT2D eigenvalue weighted by Gasteiger charge is 2.39. The number of piperidine rings is 1. The molecule has 4 rings (SSSR count). The molecule has 0 aromatic heterocycles. The summed E-state index contributed by atoms with van der Waals surface area (Å²) < 4.78 is 60.1. The molecule has 0 unspecified atom stereocenters. The second-order valence-corrected chi connectivity index (χ2v) is 18.9. The van der Waals surface area contributed by atoms with Crippen molar-refractivity contribution >= 4 is 63.0 Å². The van der Waals surface area contributed by atoms with Gasteiger partial charge in [0.25, 0.3) is 0 Å². The Kier molecular flexibility index (Phi) is 14.9. The van der Waals surface area contributed by atoms with Crippen molar-refractivity contribution in [3.63, 3.8) is 0 Å². The fourth-order valence-electron chi connectivity index (χ4n) is 6.08. The fourth-order valence-corrected chi connectivity index (χ4v) is 7.76. The summed E-state index contributed by atoms with van der Waals surface area (Å²) in [5.74, 6) is 0. The number of ether oxygens (including phenoxy) is 3. The zero-order valence-electron chi connectivity index (χ0n) is 33.7. The zero-order chi connectivity index (χ0) is 41.6. The summed E-state index contributed by atoms with van der Waals surface area (Å²) >= 11 is 4.63. The van der Waals surface area contributed by atoms with Crippen LogP contribution in [-0.4, -0.2) is 103 Å². The van der Waals surface area contributed by atoms with Crippen LogP contribution in [0.2, 0.25) is 0 Å². The van der Waals surface area contributed by atoms with Crippen molar-refractivity contribution in [2.24, 2.45) is 0 Å². The first-order valence-corrected chi connectivity index (χ1v) is 20.4. The SMILES string of the molecule is CC(C)(C)OC(=O)NCCN(CCNC(=O)OC(C)(C)C)CCN1CCC(Nc2cc(C(F)(F)F)cc3c2N(C(=O)OC(C)(C)C)c2ccc(Br)cc2S3)CC1. The predicted molar refractivity (Wildman–Crippen MR) is 216 cm³/mol. The van der Waals surface area contributed by atoms with Gasteiger partial charge in [0.2, 0.25) is 0 Å². The van der Waals surface area contributed by atoms with Crippen molar-refractivity contribution in [1.82, 2.24) is 20.4 Å². The van der Waals surface area contributed by atoms with E-state index < -0.39 is 46.8 Å². The van der Waals surface area contributed by atoms with Crippen LogP contribution < -0.4 is 20.9 Å². The van der Waals surface area contributed by atoms with Gasteiger partial charge < -0.3 is 35.1 Å². The Morgan fingerprint density at radius 3 is 1.88 bits per heavy atom. The summed E-state index contributed by atoms with van der Waals surface area (Å²) in [4.78, 5) is 45.0. The van der Waals surface area contributed by atoms with Gasteiger partial charge in [-0.2, -0.15) is 13.2 Å². The van der Waals surface area contributed by atoms with E-state index in [1.165, 1.54) is 16.7 Å². The fraction of sp³-hybridized carbons (Fsp3) is 0.615. The molecule has 1 saturated heterocycles. The summed E-state index contributed by atoms with van der Waals surface area (Å²) in [5, 5.41) is 8.97. The van der Waals surface area contributed by atoms with Crippen molar-refractivity contribution in [1.29, 1.82) is 0 Å². The van der Waals surface area contributed by atoms with E-state index in [-0.39, 0.29) is 11.7 Å². The van der Waals surface area contributed by atoms with E-state index in [4.69, 9.17) is 14.2 Å². The van der Waals surface area contributed by atoms with E-state index in [9.17, 15) is 27.6 Å². The third-order valence-corrected chi connectivity index (χ3v) is 10.0. The molecule has 0 saturated carbocycles. The number of rotatable bonds is 11. The van der Waals surface area contributed by atoms with Crippen LogP contribution in [-0.2, 0) is 20.4 Å². The van der Waals surface area contributed by atoms with Gasteiger partial charge in [-0.15, -0.1) is 0 Å². The van der Waals surface area contributed by atoms with Crippen LogP contribution >= 0.6 is 27.7 Å².